The molecule has 1 aliphatic heterocycles. The van der Waals surface area contributed by atoms with Gasteiger partial charge in [0.15, 0.2) is 23.6 Å². The van der Waals surface area contributed by atoms with E-state index in [1.54, 1.807) is 92.7 Å². The van der Waals surface area contributed by atoms with Gasteiger partial charge in [-0.1, -0.05) is 96.5 Å². The fourth-order valence-corrected chi connectivity index (χ4v) is 12.0. The quantitative estimate of drug-likeness (QED) is 0.0273. The second kappa shape index (κ2) is 28.4. The van der Waals surface area contributed by atoms with Gasteiger partial charge in [-0.3, -0.25) is 28.8 Å². The topological polar surface area (TPSA) is 293 Å². The summed E-state index contributed by atoms with van der Waals surface area (Å²) in [4.78, 5) is 111. The van der Waals surface area contributed by atoms with Gasteiger partial charge in [-0.05, 0) is 54.8 Å². The molecule has 0 radical (unpaired) electrons. The van der Waals surface area contributed by atoms with Crippen molar-refractivity contribution in [2.24, 2.45) is 16.7 Å². The van der Waals surface area contributed by atoms with E-state index in [-0.39, 0.29) is 79.4 Å². The summed E-state index contributed by atoms with van der Waals surface area (Å²) < 4.78 is 59.6. The third-order valence-electron chi connectivity index (χ3n) is 16.0. The van der Waals surface area contributed by atoms with Crippen molar-refractivity contribution < 1.29 is 95.9 Å². The maximum atomic E-state index is 16.3. The molecule has 4 N–H and O–H groups in total. The molecule has 11 atom stereocenters. The van der Waals surface area contributed by atoms with Gasteiger partial charge in [0.2, 0.25) is 5.91 Å². The van der Waals surface area contributed by atoms with Crippen LogP contribution in [0.4, 0.5) is 0 Å². The number of carbonyl (C=O) groups excluding carboxylic acids is 8. The van der Waals surface area contributed by atoms with Crippen LogP contribution in [0.2, 0.25) is 0 Å². The van der Waals surface area contributed by atoms with Crippen LogP contribution in [0.3, 0.4) is 0 Å². The zero-order valence-corrected chi connectivity index (χ0v) is 48.9. The molecule has 450 valence electrons. The molecular weight excluding hydrogens is 1150 g/mol. The Morgan fingerprint density at radius 3 is 1.86 bits per heavy atom. The fourth-order valence-electron chi connectivity index (χ4n) is 11.8. The van der Waals surface area contributed by atoms with Crippen molar-refractivity contribution in [2.75, 3.05) is 71.3 Å². The molecule has 2 saturated carbocycles. The highest BCUT2D eigenvalue weighted by Crippen LogP contribution is 2.65. The summed E-state index contributed by atoms with van der Waals surface area (Å²) in [7, 11) is 0. The number of fused-ring (bicyclic) bond motifs is 5. The van der Waals surface area contributed by atoms with Crippen molar-refractivity contribution in [1.82, 2.24) is 10.6 Å². The average Bonchev–Trinajstić information content (AvgIpc) is 3.55. The van der Waals surface area contributed by atoms with E-state index in [9.17, 15) is 43.8 Å². The van der Waals surface area contributed by atoms with E-state index >= 15 is 4.79 Å². The Hall–Kier alpha value is -6.44. The zero-order chi connectivity index (χ0) is 60.1. The Bertz CT molecular complexity index is 2820. The van der Waals surface area contributed by atoms with Crippen LogP contribution < -0.4 is 10.6 Å². The average molecular weight is 1220 g/mol. The van der Waals surface area contributed by atoms with Gasteiger partial charge in [-0.2, -0.15) is 0 Å². The molecule has 23 heteroatoms. The Morgan fingerprint density at radius 1 is 0.735 bits per heavy atom. The first kappa shape index (κ1) is 64.1. The Labute approximate surface area is 489 Å². The van der Waals surface area contributed by atoms with Gasteiger partial charge in [0.25, 0.3) is 5.91 Å². The van der Waals surface area contributed by atoms with Gasteiger partial charge in [0.1, 0.15) is 30.0 Å². The molecule has 22 nitrogen and oxygen atoms in total. The van der Waals surface area contributed by atoms with E-state index in [1.807, 2.05) is 0 Å². The fraction of sp³-hybridized carbons (Fsp3) is 0.533. The number of alkyl halides is 1. The summed E-state index contributed by atoms with van der Waals surface area (Å²) in [6.07, 6.45) is -11.4. The van der Waals surface area contributed by atoms with E-state index in [2.05, 4.69) is 26.6 Å². The number of benzene rings is 3. The summed E-state index contributed by atoms with van der Waals surface area (Å²) in [5.41, 5.74) is -7.69. The normalized spacial score (nSPS) is 26.6. The van der Waals surface area contributed by atoms with Crippen molar-refractivity contribution in [2.45, 2.75) is 115 Å². The first-order valence-electron chi connectivity index (χ1n) is 27.5. The van der Waals surface area contributed by atoms with E-state index in [1.165, 1.54) is 26.0 Å². The Balaban J connectivity index is 1.20. The third kappa shape index (κ3) is 14.4. The molecule has 2 amide bonds. The van der Waals surface area contributed by atoms with Gasteiger partial charge >= 0.3 is 29.8 Å². The summed E-state index contributed by atoms with van der Waals surface area (Å²) in [6.45, 7) is 9.84. The van der Waals surface area contributed by atoms with E-state index < -0.39 is 125 Å². The molecule has 2 bridgehead atoms. The van der Waals surface area contributed by atoms with Crippen LogP contribution in [0.5, 0.6) is 0 Å². The number of hydrogen-bond acceptors (Lipinski definition) is 20. The molecule has 0 spiro atoms. The minimum Gasteiger partial charge on any atom is -0.461 e. The molecule has 83 heavy (non-hydrogen) atoms. The number of rotatable bonds is 27. The maximum absolute atomic E-state index is 16.3. The number of halogens is 1. The van der Waals surface area contributed by atoms with Crippen LogP contribution in [-0.2, 0) is 76.1 Å². The molecule has 3 aliphatic carbocycles. The number of aliphatic hydroxyl groups excluding tert-OH is 1. The number of hydrogen-bond donors (Lipinski definition) is 4. The molecule has 1 unspecified atom stereocenters. The van der Waals surface area contributed by atoms with Crippen molar-refractivity contribution in [3.8, 4) is 0 Å². The van der Waals surface area contributed by atoms with E-state index in [4.69, 9.17) is 47.4 Å². The number of aliphatic hydroxyl groups is 2. The SMILES string of the molecule is CC(=O)O[C@H]1C(=O)[C@@]2(C)C([C@H](OC(=O)c3ccccc3)[C@]3(O)C[C@H](OC(=O)[C@H](O)[C@@H](NC(=O)c4ccccc4)c4ccccc4)C(C)=C1C3(C)C)[C@]1(OC(C)=O)CO[C@@H]1C[C@@H]2OC(=O)CCOCCOCCOCCOCCNC(=O)CBr. The van der Waals surface area contributed by atoms with Crippen molar-refractivity contribution in [3.63, 3.8) is 0 Å². The predicted octanol–water partition coefficient (Wildman–Crippen LogP) is 4.25. The summed E-state index contributed by atoms with van der Waals surface area (Å²) in [6, 6.07) is 22.7. The largest absolute Gasteiger partial charge is 0.461 e. The second-order valence-electron chi connectivity index (χ2n) is 21.5. The van der Waals surface area contributed by atoms with Crippen LogP contribution >= 0.6 is 15.9 Å². The van der Waals surface area contributed by atoms with E-state index in [0.29, 0.717) is 31.9 Å². The minimum atomic E-state index is -2.50. The highest BCUT2D eigenvalue weighted by atomic mass is 79.9. The molecule has 3 aromatic carbocycles. The first-order chi connectivity index (χ1) is 39.6. The van der Waals surface area contributed by atoms with Crippen LogP contribution in [0.25, 0.3) is 0 Å². The number of ketones is 1. The van der Waals surface area contributed by atoms with Gasteiger partial charge < -0.3 is 68.2 Å². The number of ether oxygens (including phenoxy) is 10. The zero-order valence-electron chi connectivity index (χ0n) is 47.3. The highest BCUT2D eigenvalue weighted by molar-refractivity contribution is 9.09. The second-order valence-corrected chi connectivity index (χ2v) is 22.1. The van der Waals surface area contributed by atoms with Gasteiger partial charge in [0, 0.05) is 44.2 Å². The number of carbonyl (C=O) groups is 8. The summed E-state index contributed by atoms with van der Waals surface area (Å²) >= 11 is 3.07. The molecule has 1 saturated heterocycles. The van der Waals surface area contributed by atoms with E-state index in [0.717, 1.165) is 13.8 Å². The van der Waals surface area contributed by atoms with Gasteiger partial charge in [-0.25, -0.2) is 9.59 Å². The molecule has 3 fully saturated rings. The van der Waals surface area contributed by atoms with Crippen LogP contribution in [0, 0.1) is 16.7 Å². The van der Waals surface area contributed by atoms with Crippen LogP contribution in [-0.4, -0.2) is 177 Å². The van der Waals surface area contributed by atoms with Crippen molar-refractivity contribution in [1.29, 1.82) is 0 Å². The number of nitrogens with one attached hydrogen (secondary N) is 2. The Morgan fingerprint density at radius 2 is 1.30 bits per heavy atom. The molecule has 1 heterocycles. The monoisotopic (exact) mass is 1220 g/mol. The molecule has 4 aliphatic rings. The highest BCUT2D eigenvalue weighted by Gasteiger charge is 2.79. The summed E-state index contributed by atoms with van der Waals surface area (Å²) in [5.74, 6) is -8.20. The summed E-state index contributed by atoms with van der Waals surface area (Å²) in [5, 5.41) is 31.7. The lowest BCUT2D eigenvalue weighted by atomic mass is 9.44. The first-order valence-corrected chi connectivity index (χ1v) is 28.6. The lowest BCUT2D eigenvalue weighted by Crippen LogP contribution is -2.82. The van der Waals surface area contributed by atoms with Crippen LogP contribution in [0.1, 0.15) is 93.1 Å². The Kier molecular flexibility index (Phi) is 22.0. The lowest BCUT2D eigenvalue weighted by Gasteiger charge is -2.67. The third-order valence-corrected chi connectivity index (χ3v) is 16.5. The predicted molar refractivity (Wildman–Crippen MR) is 296 cm³/mol. The lowest BCUT2D eigenvalue weighted by molar-refractivity contribution is -0.346. The molecule has 0 aromatic heterocycles. The molecule has 3 aromatic rings. The van der Waals surface area contributed by atoms with Gasteiger partial charge in [-0.15, -0.1) is 0 Å². The number of Topliss-reactive ketones (excluding diaryl/α,β-unsaturated/α-hetero) is 1. The molecule has 7 rings (SSSR count). The van der Waals surface area contributed by atoms with Crippen LogP contribution in [0.15, 0.2) is 102 Å². The van der Waals surface area contributed by atoms with Crippen molar-refractivity contribution in [3.05, 3.63) is 119 Å². The number of amides is 2. The van der Waals surface area contributed by atoms with Crippen molar-refractivity contribution >= 4 is 63.4 Å². The molecular formula is C60H73BrN2O20. The van der Waals surface area contributed by atoms with Gasteiger partial charge in [0.05, 0.1) is 94.2 Å². The number of esters is 5. The smallest absolute Gasteiger partial charge is 0.338 e. The minimum absolute atomic E-state index is 0.0210. The standard InChI is InChI=1S/C60H73BrN2O20/c1-36-42(80-56(72)49(68)48(39-16-10-7-11-17-39)63-54(70)40-18-12-8-13-19-40)33-60(73)53(82-55(71)41-20-14-9-15-21-41)51-58(6,52(69)50(79-37(2)64)47(36)57(60,4)5)43(32-44-59(51,35-78-44)83-38(3)65)81-46(67)22-24-74-26-28-76-30-31-77-29-27-75-25-23-62-45(66)34-61/h7-21,42-44,48-51,53,68,73H,22-35H2,1-6H3,(H,62,66)(H,63,70)/t42-,43-,44+,48-,49+,50+,51?,53-,58+,59-,60+/m0/s1. The maximum Gasteiger partial charge on any atom is 0.338 e.